The molecule has 0 saturated carbocycles. The fraction of sp³-hybridized carbons (Fsp3) is 0.429. The summed E-state index contributed by atoms with van der Waals surface area (Å²) in [6.45, 7) is 4.57. The summed E-state index contributed by atoms with van der Waals surface area (Å²) in [7, 11) is 3.40. The largest absolute Gasteiger partial charge is 0.496 e. The van der Waals surface area contributed by atoms with Crippen LogP contribution < -0.4 is 10.1 Å². The van der Waals surface area contributed by atoms with Crippen molar-refractivity contribution in [1.82, 2.24) is 5.32 Å². The predicted octanol–water partition coefficient (Wildman–Crippen LogP) is 2.33. The van der Waals surface area contributed by atoms with Gasteiger partial charge < -0.3 is 14.8 Å². The third-order valence-corrected chi connectivity index (χ3v) is 2.43. The van der Waals surface area contributed by atoms with E-state index < -0.39 is 0 Å². The van der Waals surface area contributed by atoms with Gasteiger partial charge in [-0.2, -0.15) is 0 Å². The van der Waals surface area contributed by atoms with E-state index in [2.05, 4.69) is 24.4 Å². The zero-order valence-electron chi connectivity index (χ0n) is 10.8. The van der Waals surface area contributed by atoms with Crippen LogP contribution in [0.4, 0.5) is 0 Å². The van der Waals surface area contributed by atoms with Crippen LogP contribution in [-0.2, 0) is 4.74 Å². The normalized spacial score (nSPS) is 11.6. The van der Waals surface area contributed by atoms with E-state index in [4.69, 9.17) is 9.47 Å². The fourth-order valence-electron chi connectivity index (χ4n) is 1.56. The molecule has 0 radical (unpaired) electrons. The molecular weight excluding hydrogens is 214 g/mol. The molecule has 1 aromatic rings. The second kappa shape index (κ2) is 7.87. The molecule has 1 rings (SSSR count). The van der Waals surface area contributed by atoms with Crippen molar-refractivity contribution < 1.29 is 9.47 Å². The maximum atomic E-state index is 5.30. The number of hydrogen-bond donors (Lipinski definition) is 1. The van der Waals surface area contributed by atoms with E-state index >= 15 is 0 Å². The second-order valence-electron chi connectivity index (χ2n) is 3.90. The lowest BCUT2D eigenvalue weighted by molar-refractivity contribution is 0.200. The Morgan fingerprint density at radius 1 is 1.29 bits per heavy atom. The van der Waals surface area contributed by atoms with Crippen LogP contribution in [0, 0.1) is 0 Å². The van der Waals surface area contributed by atoms with Crippen LogP contribution in [0.15, 0.2) is 29.8 Å². The van der Waals surface area contributed by atoms with Crippen molar-refractivity contribution in [2.24, 2.45) is 0 Å². The van der Waals surface area contributed by atoms with Crippen molar-refractivity contribution in [2.45, 2.75) is 6.92 Å². The van der Waals surface area contributed by atoms with E-state index in [1.54, 1.807) is 14.2 Å². The summed E-state index contributed by atoms with van der Waals surface area (Å²) in [5, 5.41) is 3.31. The van der Waals surface area contributed by atoms with Crippen molar-refractivity contribution in [2.75, 3.05) is 33.9 Å². The van der Waals surface area contributed by atoms with Gasteiger partial charge in [0.15, 0.2) is 0 Å². The smallest absolute Gasteiger partial charge is 0.126 e. The average Bonchev–Trinajstić information content (AvgIpc) is 2.35. The molecule has 0 aromatic heterocycles. The van der Waals surface area contributed by atoms with E-state index in [-0.39, 0.29) is 0 Å². The van der Waals surface area contributed by atoms with Gasteiger partial charge in [0.25, 0.3) is 0 Å². The Balaban J connectivity index is 2.54. The molecule has 1 N–H and O–H groups in total. The maximum Gasteiger partial charge on any atom is 0.126 e. The highest BCUT2D eigenvalue weighted by Gasteiger charge is 1.98. The average molecular weight is 235 g/mol. The van der Waals surface area contributed by atoms with Gasteiger partial charge in [0.05, 0.1) is 13.7 Å². The molecule has 0 spiro atoms. The number of rotatable bonds is 7. The van der Waals surface area contributed by atoms with E-state index in [1.165, 1.54) is 5.57 Å². The van der Waals surface area contributed by atoms with Gasteiger partial charge in [0, 0.05) is 25.8 Å². The van der Waals surface area contributed by atoms with Crippen LogP contribution >= 0.6 is 0 Å². The van der Waals surface area contributed by atoms with Gasteiger partial charge in [-0.25, -0.2) is 0 Å². The number of para-hydroxylation sites is 1. The standard InChI is InChI=1S/C14H21NO2/c1-12(11-15-8-9-16-2)10-13-6-4-5-7-14(13)17-3/h4-7,10,15H,8-9,11H2,1-3H3. The lowest BCUT2D eigenvalue weighted by Gasteiger charge is -2.07. The van der Waals surface area contributed by atoms with E-state index in [0.717, 1.165) is 31.0 Å². The highest BCUT2D eigenvalue weighted by molar-refractivity contribution is 5.59. The summed E-state index contributed by atoms with van der Waals surface area (Å²) in [5.41, 5.74) is 2.38. The predicted molar refractivity (Wildman–Crippen MR) is 71.4 cm³/mol. The molecule has 0 aliphatic rings. The Bertz CT molecular complexity index is 361. The Morgan fingerprint density at radius 3 is 2.76 bits per heavy atom. The molecule has 0 saturated heterocycles. The Hall–Kier alpha value is -1.32. The monoisotopic (exact) mass is 235 g/mol. The van der Waals surface area contributed by atoms with E-state index in [1.807, 2.05) is 18.2 Å². The highest BCUT2D eigenvalue weighted by atomic mass is 16.5. The number of nitrogens with one attached hydrogen (secondary N) is 1. The van der Waals surface area contributed by atoms with Crippen molar-refractivity contribution >= 4 is 6.08 Å². The zero-order chi connectivity index (χ0) is 12.5. The minimum atomic E-state index is 0.738. The molecular formula is C14H21NO2. The first-order valence-corrected chi connectivity index (χ1v) is 5.77. The number of benzene rings is 1. The number of hydrogen-bond acceptors (Lipinski definition) is 3. The lowest BCUT2D eigenvalue weighted by atomic mass is 10.1. The SMILES string of the molecule is COCCNCC(C)=Cc1ccccc1OC. The Kier molecular flexibility index (Phi) is 6.37. The molecule has 3 nitrogen and oxygen atoms in total. The quantitative estimate of drug-likeness (QED) is 0.736. The zero-order valence-corrected chi connectivity index (χ0v) is 10.8. The number of ether oxygens (including phenoxy) is 2. The molecule has 94 valence electrons. The van der Waals surface area contributed by atoms with Crippen LogP contribution in [0.3, 0.4) is 0 Å². The van der Waals surface area contributed by atoms with E-state index in [9.17, 15) is 0 Å². The van der Waals surface area contributed by atoms with E-state index in [0.29, 0.717) is 0 Å². The van der Waals surface area contributed by atoms with Gasteiger partial charge in [-0.05, 0) is 13.0 Å². The van der Waals surface area contributed by atoms with Crippen LogP contribution in [-0.4, -0.2) is 33.9 Å². The molecule has 0 bridgehead atoms. The van der Waals surface area contributed by atoms with Crippen molar-refractivity contribution in [3.63, 3.8) is 0 Å². The topological polar surface area (TPSA) is 30.5 Å². The maximum absolute atomic E-state index is 5.30. The number of methoxy groups -OCH3 is 2. The Labute approximate surface area is 103 Å². The lowest BCUT2D eigenvalue weighted by Crippen LogP contribution is -2.20. The molecule has 3 heteroatoms. The van der Waals surface area contributed by atoms with Gasteiger partial charge in [0.1, 0.15) is 5.75 Å². The molecule has 0 aliphatic heterocycles. The molecule has 1 aromatic carbocycles. The second-order valence-corrected chi connectivity index (χ2v) is 3.90. The third-order valence-electron chi connectivity index (χ3n) is 2.43. The molecule has 0 aliphatic carbocycles. The van der Waals surface area contributed by atoms with Crippen molar-refractivity contribution in [3.8, 4) is 5.75 Å². The summed E-state index contributed by atoms with van der Waals surface area (Å²) in [6.07, 6.45) is 2.14. The first-order valence-electron chi connectivity index (χ1n) is 5.77. The summed E-state index contributed by atoms with van der Waals surface area (Å²) in [5.74, 6) is 0.906. The molecule has 0 heterocycles. The van der Waals surface area contributed by atoms with Gasteiger partial charge >= 0.3 is 0 Å². The molecule has 0 atom stereocenters. The molecule has 0 unspecified atom stereocenters. The summed E-state index contributed by atoms with van der Waals surface area (Å²) < 4.78 is 10.3. The van der Waals surface area contributed by atoms with Crippen LogP contribution in [0.2, 0.25) is 0 Å². The van der Waals surface area contributed by atoms with Crippen LogP contribution in [0.25, 0.3) is 6.08 Å². The molecule has 0 fully saturated rings. The molecule has 17 heavy (non-hydrogen) atoms. The van der Waals surface area contributed by atoms with Gasteiger partial charge in [-0.3, -0.25) is 0 Å². The van der Waals surface area contributed by atoms with Crippen LogP contribution in [0.1, 0.15) is 12.5 Å². The Morgan fingerprint density at radius 2 is 2.06 bits per heavy atom. The van der Waals surface area contributed by atoms with Gasteiger partial charge in [-0.1, -0.05) is 29.8 Å². The first kappa shape index (κ1) is 13.7. The first-order chi connectivity index (χ1) is 8.27. The third kappa shape index (κ3) is 5.02. The van der Waals surface area contributed by atoms with Crippen LogP contribution in [0.5, 0.6) is 5.75 Å². The van der Waals surface area contributed by atoms with Crippen molar-refractivity contribution in [1.29, 1.82) is 0 Å². The fourth-order valence-corrected chi connectivity index (χ4v) is 1.56. The highest BCUT2D eigenvalue weighted by Crippen LogP contribution is 2.19. The summed E-state index contributed by atoms with van der Waals surface area (Å²) in [4.78, 5) is 0. The molecule has 0 amide bonds. The van der Waals surface area contributed by atoms with Gasteiger partial charge in [-0.15, -0.1) is 0 Å². The summed E-state index contributed by atoms with van der Waals surface area (Å²) in [6, 6.07) is 8.01. The summed E-state index contributed by atoms with van der Waals surface area (Å²) >= 11 is 0. The minimum Gasteiger partial charge on any atom is -0.496 e. The van der Waals surface area contributed by atoms with Crippen molar-refractivity contribution in [3.05, 3.63) is 35.4 Å². The van der Waals surface area contributed by atoms with Gasteiger partial charge in [0.2, 0.25) is 0 Å². The minimum absolute atomic E-state index is 0.738.